The van der Waals surface area contributed by atoms with Crippen molar-refractivity contribution >= 4 is 6.29 Å². The molecule has 2 aliphatic rings. The molecule has 1 heterocycles. The van der Waals surface area contributed by atoms with Gasteiger partial charge in [-0.25, -0.2) is 0 Å². The lowest BCUT2D eigenvalue weighted by Gasteiger charge is -2.20. The standard InChI is InChI=1S/C9H14O3/c1-11-8-5-12-4-7(8)9(6-10)2-3-9/h6-8H,2-5H2,1H3. The molecule has 0 N–H and O–H groups in total. The molecule has 0 amide bonds. The second kappa shape index (κ2) is 2.82. The summed E-state index contributed by atoms with van der Waals surface area (Å²) in [5.74, 6) is 0.306. The van der Waals surface area contributed by atoms with E-state index in [-0.39, 0.29) is 11.5 Å². The molecular formula is C9H14O3. The number of hydrogen-bond acceptors (Lipinski definition) is 3. The molecule has 3 heteroatoms. The molecule has 0 aromatic heterocycles. The van der Waals surface area contributed by atoms with Crippen LogP contribution in [0.5, 0.6) is 0 Å². The highest BCUT2D eigenvalue weighted by molar-refractivity contribution is 5.64. The van der Waals surface area contributed by atoms with Gasteiger partial charge in [0, 0.05) is 18.4 Å². The van der Waals surface area contributed by atoms with Gasteiger partial charge in [0.05, 0.1) is 19.3 Å². The van der Waals surface area contributed by atoms with Crippen molar-refractivity contribution in [3.8, 4) is 0 Å². The molecule has 0 radical (unpaired) electrons. The van der Waals surface area contributed by atoms with Crippen LogP contribution in [-0.4, -0.2) is 32.7 Å². The van der Waals surface area contributed by atoms with Crippen molar-refractivity contribution in [1.82, 2.24) is 0 Å². The normalized spacial score (nSPS) is 38.1. The smallest absolute Gasteiger partial charge is 0.126 e. The summed E-state index contributed by atoms with van der Waals surface area (Å²) in [4.78, 5) is 10.8. The summed E-state index contributed by atoms with van der Waals surface area (Å²) in [6.45, 7) is 1.34. The summed E-state index contributed by atoms with van der Waals surface area (Å²) in [6.07, 6.45) is 3.27. The summed E-state index contributed by atoms with van der Waals surface area (Å²) < 4.78 is 10.6. The summed E-state index contributed by atoms with van der Waals surface area (Å²) in [5.41, 5.74) is -0.0861. The average molecular weight is 170 g/mol. The van der Waals surface area contributed by atoms with Gasteiger partial charge < -0.3 is 14.3 Å². The van der Waals surface area contributed by atoms with Gasteiger partial charge >= 0.3 is 0 Å². The molecule has 1 saturated carbocycles. The molecule has 3 nitrogen and oxygen atoms in total. The Bertz CT molecular complexity index is 186. The van der Waals surface area contributed by atoms with E-state index in [1.807, 2.05) is 0 Å². The number of carbonyl (C=O) groups is 1. The van der Waals surface area contributed by atoms with Crippen LogP contribution >= 0.6 is 0 Å². The van der Waals surface area contributed by atoms with Gasteiger partial charge in [-0.1, -0.05) is 0 Å². The Labute approximate surface area is 72.0 Å². The van der Waals surface area contributed by atoms with E-state index in [1.165, 1.54) is 0 Å². The fourth-order valence-electron chi connectivity index (χ4n) is 2.02. The number of rotatable bonds is 3. The maximum absolute atomic E-state index is 10.8. The highest BCUT2D eigenvalue weighted by Crippen LogP contribution is 2.53. The van der Waals surface area contributed by atoms with Crippen LogP contribution in [0.3, 0.4) is 0 Å². The predicted octanol–water partition coefficient (Wildman–Crippen LogP) is 0.627. The van der Waals surface area contributed by atoms with Crippen LogP contribution in [0, 0.1) is 11.3 Å². The molecular weight excluding hydrogens is 156 g/mol. The zero-order valence-corrected chi connectivity index (χ0v) is 7.29. The van der Waals surface area contributed by atoms with E-state index in [0.717, 1.165) is 19.1 Å². The topological polar surface area (TPSA) is 35.5 Å². The Morgan fingerprint density at radius 3 is 2.75 bits per heavy atom. The van der Waals surface area contributed by atoms with Crippen molar-refractivity contribution in [2.75, 3.05) is 20.3 Å². The molecule has 0 bridgehead atoms. The summed E-state index contributed by atoms with van der Waals surface area (Å²) >= 11 is 0. The Morgan fingerprint density at radius 1 is 1.50 bits per heavy atom. The summed E-state index contributed by atoms with van der Waals surface area (Å²) in [5, 5.41) is 0. The first-order chi connectivity index (χ1) is 5.82. The number of ether oxygens (including phenoxy) is 2. The van der Waals surface area contributed by atoms with E-state index in [9.17, 15) is 4.79 Å². The molecule has 0 aromatic carbocycles. The van der Waals surface area contributed by atoms with Crippen LogP contribution in [0.25, 0.3) is 0 Å². The van der Waals surface area contributed by atoms with Crippen LogP contribution in [0.2, 0.25) is 0 Å². The number of carbonyl (C=O) groups excluding carboxylic acids is 1. The van der Waals surface area contributed by atoms with E-state index < -0.39 is 0 Å². The van der Waals surface area contributed by atoms with Gasteiger partial charge in [0.2, 0.25) is 0 Å². The summed E-state index contributed by atoms with van der Waals surface area (Å²) in [6, 6.07) is 0. The number of hydrogen-bond donors (Lipinski definition) is 0. The lowest BCUT2D eigenvalue weighted by Crippen LogP contribution is -2.30. The first-order valence-electron chi connectivity index (χ1n) is 4.39. The van der Waals surface area contributed by atoms with Gasteiger partial charge in [0.25, 0.3) is 0 Å². The van der Waals surface area contributed by atoms with Crippen LogP contribution in [0.15, 0.2) is 0 Å². The fourth-order valence-corrected chi connectivity index (χ4v) is 2.02. The van der Waals surface area contributed by atoms with E-state index in [4.69, 9.17) is 9.47 Å². The number of aldehydes is 1. The molecule has 0 spiro atoms. The first-order valence-corrected chi connectivity index (χ1v) is 4.39. The Kier molecular flexibility index (Phi) is 1.93. The minimum Gasteiger partial charge on any atom is -0.379 e. The SMILES string of the molecule is COC1COCC1C1(C=O)CC1. The summed E-state index contributed by atoms with van der Waals surface area (Å²) in [7, 11) is 1.69. The van der Waals surface area contributed by atoms with Crippen molar-refractivity contribution in [1.29, 1.82) is 0 Å². The zero-order valence-electron chi connectivity index (χ0n) is 7.29. The van der Waals surface area contributed by atoms with E-state index in [2.05, 4.69) is 0 Å². The molecule has 2 atom stereocenters. The van der Waals surface area contributed by atoms with Crippen LogP contribution in [0.4, 0.5) is 0 Å². The van der Waals surface area contributed by atoms with Crippen molar-refractivity contribution < 1.29 is 14.3 Å². The molecule has 68 valence electrons. The van der Waals surface area contributed by atoms with Crippen molar-refractivity contribution in [3.05, 3.63) is 0 Å². The van der Waals surface area contributed by atoms with Crippen molar-refractivity contribution in [3.63, 3.8) is 0 Å². The molecule has 1 aliphatic carbocycles. The second-order valence-electron chi connectivity index (χ2n) is 3.77. The quantitative estimate of drug-likeness (QED) is 0.583. The van der Waals surface area contributed by atoms with Gasteiger partial charge in [-0.2, -0.15) is 0 Å². The number of methoxy groups -OCH3 is 1. The van der Waals surface area contributed by atoms with Crippen LogP contribution < -0.4 is 0 Å². The largest absolute Gasteiger partial charge is 0.379 e. The third-order valence-corrected chi connectivity index (χ3v) is 3.13. The lowest BCUT2D eigenvalue weighted by atomic mass is 9.88. The van der Waals surface area contributed by atoms with Crippen LogP contribution in [0.1, 0.15) is 12.8 Å². The first kappa shape index (κ1) is 8.20. The second-order valence-corrected chi connectivity index (χ2v) is 3.77. The van der Waals surface area contributed by atoms with Gasteiger partial charge in [-0.15, -0.1) is 0 Å². The Balaban J connectivity index is 2.07. The highest BCUT2D eigenvalue weighted by Gasteiger charge is 2.54. The molecule has 12 heavy (non-hydrogen) atoms. The van der Waals surface area contributed by atoms with Gasteiger partial charge in [-0.05, 0) is 12.8 Å². The predicted molar refractivity (Wildman–Crippen MR) is 42.8 cm³/mol. The minimum absolute atomic E-state index is 0.0861. The van der Waals surface area contributed by atoms with E-state index in [1.54, 1.807) is 7.11 Å². The van der Waals surface area contributed by atoms with Crippen LogP contribution in [-0.2, 0) is 14.3 Å². The molecule has 2 unspecified atom stereocenters. The minimum atomic E-state index is -0.0861. The Morgan fingerprint density at radius 2 is 2.25 bits per heavy atom. The third-order valence-electron chi connectivity index (χ3n) is 3.13. The van der Waals surface area contributed by atoms with Gasteiger partial charge in [0.1, 0.15) is 6.29 Å². The fraction of sp³-hybridized carbons (Fsp3) is 0.889. The molecule has 1 saturated heterocycles. The van der Waals surface area contributed by atoms with Gasteiger partial charge in [0.15, 0.2) is 0 Å². The average Bonchev–Trinajstić information content (AvgIpc) is 2.76. The lowest BCUT2D eigenvalue weighted by molar-refractivity contribution is -0.115. The molecule has 2 fully saturated rings. The Hall–Kier alpha value is -0.410. The maximum Gasteiger partial charge on any atom is 0.126 e. The van der Waals surface area contributed by atoms with Crippen molar-refractivity contribution in [2.24, 2.45) is 11.3 Å². The van der Waals surface area contributed by atoms with Crippen molar-refractivity contribution in [2.45, 2.75) is 18.9 Å². The monoisotopic (exact) mass is 170 g/mol. The highest BCUT2D eigenvalue weighted by atomic mass is 16.5. The van der Waals surface area contributed by atoms with Gasteiger partial charge in [-0.3, -0.25) is 0 Å². The zero-order chi connectivity index (χ0) is 8.60. The molecule has 0 aromatic rings. The van der Waals surface area contributed by atoms with E-state index in [0.29, 0.717) is 19.1 Å². The maximum atomic E-state index is 10.8. The van der Waals surface area contributed by atoms with E-state index >= 15 is 0 Å². The molecule has 2 rings (SSSR count). The molecule has 1 aliphatic heterocycles. The third kappa shape index (κ3) is 1.08.